The molecule has 0 bridgehead atoms. The molecule has 0 aliphatic heterocycles. The maximum Gasteiger partial charge on any atom is 0.320 e. The standard InChI is InChI=1S/C15H21N5O/c1-10(2)8-21-15-18-13(16)12-14(19-15)20(9-17-12)11-6-4-3-5-7-11/h4,6,9-11H,3,5,7-8H2,1-2H3,(H2,16,18,19). The van der Waals surface area contributed by atoms with E-state index in [1.807, 2.05) is 0 Å². The summed E-state index contributed by atoms with van der Waals surface area (Å²) in [5.41, 5.74) is 7.37. The SMILES string of the molecule is CC(C)COc1nc(N)c2ncn(C3C=CCCC3)c2n1. The molecule has 0 saturated heterocycles. The number of fused-ring (bicyclic) bond motifs is 1. The van der Waals surface area contributed by atoms with Gasteiger partial charge in [-0.15, -0.1) is 0 Å². The summed E-state index contributed by atoms with van der Waals surface area (Å²) in [5.74, 6) is 0.786. The Hall–Kier alpha value is -2.11. The first-order chi connectivity index (χ1) is 10.1. The minimum absolute atomic E-state index is 0.288. The molecule has 1 unspecified atom stereocenters. The molecule has 0 amide bonds. The van der Waals surface area contributed by atoms with Crippen molar-refractivity contribution in [2.75, 3.05) is 12.3 Å². The Morgan fingerprint density at radius 2 is 2.29 bits per heavy atom. The second kappa shape index (κ2) is 5.71. The highest BCUT2D eigenvalue weighted by Gasteiger charge is 2.18. The Morgan fingerprint density at radius 1 is 1.43 bits per heavy atom. The van der Waals surface area contributed by atoms with Crippen LogP contribution in [0.4, 0.5) is 5.82 Å². The van der Waals surface area contributed by atoms with Crippen molar-refractivity contribution in [2.24, 2.45) is 5.92 Å². The summed E-state index contributed by atoms with van der Waals surface area (Å²) in [4.78, 5) is 13.0. The van der Waals surface area contributed by atoms with Gasteiger partial charge in [0.05, 0.1) is 19.0 Å². The molecule has 0 fully saturated rings. The first-order valence-corrected chi connectivity index (χ1v) is 7.44. The number of imidazole rings is 1. The minimum Gasteiger partial charge on any atom is -0.463 e. The summed E-state index contributed by atoms with van der Waals surface area (Å²) in [6.07, 6.45) is 9.62. The number of allylic oxidation sites excluding steroid dienone is 2. The molecule has 2 heterocycles. The number of hydrogen-bond acceptors (Lipinski definition) is 5. The van der Waals surface area contributed by atoms with Gasteiger partial charge in [-0.1, -0.05) is 26.0 Å². The molecule has 0 spiro atoms. The molecule has 1 aliphatic rings. The quantitative estimate of drug-likeness (QED) is 0.875. The van der Waals surface area contributed by atoms with Gasteiger partial charge in [0.15, 0.2) is 17.0 Å². The molecular formula is C15H21N5O. The van der Waals surface area contributed by atoms with Crippen LogP contribution in [-0.4, -0.2) is 26.1 Å². The fraction of sp³-hybridized carbons (Fsp3) is 0.533. The van der Waals surface area contributed by atoms with Gasteiger partial charge in [0.1, 0.15) is 0 Å². The van der Waals surface area contributed by atoms with Crippen LogP contribution < -0.4 is 10.5 Å². The molecule has 1 atom stereocenters. The topological polar surface area (TPSA) is 78.9 Å². The van der Waals surface area contributed by atoms with E-state index in [1.165, 1.54) is 6.42 Å². The van der Waals surface area contributed by atoms with Crippen LogP contribution in [-0.2, 0) is 0 Å². The number of aromatic nitrogens is 4. The Bertz CT molecular complexity index is 661. The maximum absolute atomic E-state index is 5.98. The smallest absolute Gasteiger partial charge is 0.320 e. The van der Waals surface area contributed by atoms with Crippen molar-refractivity contribution < 1.29 is 4.74 Å². The summed E-state index contributed by atoms with van der Waals surface area (Å²) >= 11 is 0. The van der Waals surface area contributed by atoms with Gasteiger partial charge in [0, 0.05) is 0 Å². The van der Waals surface area contributed by atoms with Crippen molar-refractivity contribution in [1.29, 1.82) is 0 Å². The van der Waals surface area contributed by atoms with Gasteiger partial charge in [0.25, 0.3) is 0 Å². The molecule has 6 nitrogen and oxygen atoms in total. The highest BCUT2D eigenvalue weighted by molar-refractivity contribution is 5.82. The summed E-state index contributed by atoms with van der Waals surface area (Å²) in [7, 11) is 0. The number of nitrogens with two attached hydrogens (primary N) is 1. The molecule has 1 aliphatic carbocycles. The first-order valence-electron chi connectivity index (χ1n) is 7.44. The number of nitrogen functional groups attached to an aromatic ring is 1. The van der Waals surface area contributed by atoms with Crippen molar-refractivity contribution in [1.82, 2.24) is 19.5 Å². The average Bonchev–Trinajstić information content (AvgIpc) is 2.90. The van der Waals surface area contributed by atoms with Crippen LogP contribution in [0.1, 0.15) is 39.2 Å². The maximum atomic E-state index is 5.98. The van der Waals surface area contributed by atoms with E-state index in [4.69, 9.17) is 10.5 Å². The van der Waals surface area contributed by atoms with Crippen molar-refractivity contribution in [3.8, 4) is 6.01 Å². The number of anilines is 1. The van der Waals surface area contributed by atoms with Gasteiger partial charge in [-0.2, -0.15) is 9.97 Å². The first kappa shape index (κ1) is 13.9. The van der Waals surface area contributed by atoms with E-state index in [1.54, 1.807) is 6.33 Å². The molecule has 21 heavy (non-hydrogen) atoms. The monoisotopic (exact) mass is 287 g/mol. The van der Waals surface area contributed by atoms with E-state index in [0.717, 1.165) is 18.5 Å². The highest BCUT2D eigenvalue weighted by atomic mass is 16.5. The van der Waals surface area contributed by atoms with Gasteiger partial charge in [-0.3, -0.25) is 0 Å². The fourth-order valence-electron chi connectivity index (χ4n) is 2.49. The van der Waals surface area contributed by atoms with E-state index < -0.39 is 0 Å². The molecule has 0 saturated carbocycles. The van der Waals surface area contributed by atoms with Crippen LogP contribution in [0.15, 0.2) is 18.5 Å². The van der Waals surface area contributed by atoms with Crippen LogP contribution in [0.2, 0.25) is 0 Å². The van der Waals surface area contributed by atoms with Crippen molar-refractivity contribution in [3.05, 3.63) is 18.5 Å². The minimum atomic E-state index is 0.288. The van der Waals surface area contributed by atoms with Crippen molar-refractivity contribution in [2.45, 2.75) is 39.2 Å². The summed E-state index contributed by atoms with van der Waals surface area (Å²) in [6, 6.07) is 0.617. The van der Waals surface area contributed by atoms with Crippen LogP contribution in [0.5, 0.6) is 6.01 Å². The normalized spacial score (nSPS) is 18.5. The zero-order valence-electron chi connectivity index (χ0n) is 12.5. The number of ether oxygens (including phenoxy) is 1. The lowest BCUT2D eigenvalue weighted by Gasteiger charge is -2.18. The second-order valence-electron chi connectivity index (χ2n) is 5.85. The fourth-order valence-corrected chi connectivity index (χ4v) is 2.49. The zero-order chi connectivity index (χ0) is 14.8. The lowest BCUT2D eigenvalue weighted by molar-refractivity contribution is 0.252. The molecule has 6 heteroatoms. The molecule has 112 valence electrons. The van der Waals surface area contributed by atoms with E-state index in [-0.39, 0.29) is 6.04 Å². The Kier molecular flexibility index (Phi) is 3.77. The Labute approximate surface area is 124 Å². The van der Waals surface area contributed by atoms with Gasteiger partial charge in [-0.05, 0) is 25.2 Å². The molecule has 0 radical (unpaired) electrons. The van der Waals surface area contributed by atoms with Crippen LogP contribution in [0, 0.1) is 5.92 Å². The summed E-state index contributed by atoms with van der Waals surface area (Å²) < 4.78 is 7.67. The average molecular weight is 287 g/mol. The van der Waals surface area contributed by atoms with Gasteiger partial charge < -0.3 is 15.0 Å². The number of rotatable bonds is 4. The zero-order valence-corrected chi connectivity index (χ0v) is 12.5. The molecule has 2 aromatic rings. The highest BCUT2D eigenvalue weighted by Crippen LogP contribution is 2.27. The van der Waals surface area contributed by atoms with E-state index in [0.29, 0.717) is 29.9 Å². The molecular weight excluding hydrogens is 266 g/mol. The van der Waals surface area contributed by atoms with E-state index in [9.17, 15) is 0 Å². The summed E-state index contributed by atoms with van der Waals surface area (Å²) in [6.45, 7) is 4.74. The van der Waals surface area contributed by atoms with Crippen molar-refractivity contribution >= 4 is 17.0 Å². The third-order valence-electron chi connectivity index (χ3n) is 3.56. The third kappa shape index (κ3) is 2.84. The number of nitrogens with zero attached hydrogens (tertiary/aromatic N) is 4. The van der Waals surface area contributed by atoms with Crippen molar-refractivity contribution in [3.63, 3.8) is 0 Å². The molecule has 2 aromatic heterocycles. The molecule has 0 aromatic carbocycles. The Morgan fingerprint density at radius 3 is 3.00 bits per heavy atom. The van der Waals surface area contributed by atoms with Gasteiger partial charge >= 0.3 is 6.01 Å². The Balaban J connectivity index is 1.98. The lowest BCUT2D eigenvalue weighted by Crippen LogP contribution is -2.11. The van der Waals surface area contributed by atoms with Gasteiger partial charge in [0.2, 0.25) is 0 Å². The summed E-state index contributed by atoms with van der Waals surface area (Å²) in [5, 5.41) is 0. The second-order valence-corrected chi connectivity index (χ2v) is 5.85. The predicted molar refractivity (Wildman–Crippen MR) is 82.1 cm³/mol. The number of hydrogen-bond donors (Lipinski definition) is 1. The van der Waals surface area contributed by atoms with E-state index in [2.05, 4.69) is 45.5 Å². The van der Waals surface area contributed by atoms with Crippen LogP contribution in [0.3, 0.4) is 0 Å². The predicted octanol–water partition coefficient (Wildman–Crippen LogP) is 2.72. The largest absolute Gasteiger partial charge is 0.463 e. The third-order valence-corrected chi connectivity index (χ3v) is 3.56. The molecule has 2 N–H and O–H groups in total. The van der Waals surface area contributed by atoms with Gasteiger partial charge in [-0.25, -0.2) is 4.98 Å². The van der Waals surface area contributed by atoms with Crippen LogP contribution >= 0.6 is 0 Å². The lowest BCUT2D eigenvalue weighted by atomic mass is 10.0. The molecule has 3 rings (SSSR count). The van der Waals surface area contributed by atoms with E-state index >= 15 is 0 Å². The van der Waals surface area contributed by atoms with Crippen LogP contribution in [0.25, 0.3) is 11.2 Å².